The minimum Gasteiger partial charge on any atom is -0.497 e. The highest BCUT2D eigenvalue weighted by molar-refractivity contribution is 9.10. The summed E-state index contributed by atoms with van der Waals surface area (Å²) in [5.41, 5.74) is 2.21. The predicted octanol–water partition coefficient (Wildman–Crippen LogP) is 3.70. The van der Waals surface area contributed by atoms with Gasteiger partial charge in [0.05, 0.1) is 12.8 Å². The maximum atomic E-state index is 5.24. The average molecular weight is 321 g/mol. The second-order valence-electron chi connectivity index (χ2n) is 4.31. The highest BCUT2D eigenvalue weighted by Crippen LogP contribution is 2.23. The van der Waals surface area contributed by atoms with Crippen LogP contribution in [-0.2, 0) is 6.54 Å². The van der Waals surface area contributed by atoms with Crippen LogP contribution in [0.3, 0.4) is 0 Å². The predicted molar refractivity (Wildman–Crippen MR) is 80.2 cm³/mol. The Bertz CT molecular complexity index is 531. The minimum absolute atomic E-state index is 0.208. The van der Waals surface area contributed by atoms with Crippen molar-refractivity contribution in [2.45, 2.75) is 19.5 Å². The number of pyridine rings is 1. The molecule has 0 radical (unpaired) electrons. The molecule has 1 atom stereocenters. The Labute approximate surface area is 122 Å². The first-order valence-electron chi connectivity index (χ1n) is 6.17. The van der Waals surface area contributed by atoms with Crippen LogP contribution in [0.1, 0.15) is 24.2 Å². The molecule has 3 nitrogen and oxygen atoms in total. The summed E-state index contributed by atoms with van der Waals surface area (Å²) < 4.78 is 6.32. The van der Waals surface area contributed by atoms with E-state index in [-0.39, 0.29) is 6.04 Å². The van der Waals surface area contributed by atoms with E-state index in [9.17, 15) is 0 Å². The summed E-state index contributed by atoms with van der Waals surface area (Å²) >= 11 is 3.55. The van der Waals surface area contributed by atoms with Gasteiger partial charge in [-0.3, -0.25) is 4.98 Å². The fraction of sp³-hybridized carbons (Fsp3) is 0.267. The highest BCUT2D eigenvalue weighted by atomic mass is 79.9. The Morgan fingerprint density at radius 1 is 1.32 bits per heavy atom. The topological polar surface area (TPSA) is 34.1 Å². The third-order valence-corrected chi connectivity index (χ3v) is 3.76. The van der Waals surface area contributed by atoms with Gasteiger partial charge in [0.1, 0.15) is 5.75 Å². The average Bonchev–Trinajstić information content (AvgIpc) is 2.47. The molecule has 100 valence electrons. The largest absolute Gasteiger partial charge is 0.497 e. The van der Waals surface area contributed by atoms with Gasteiger partial charge in [0.25, 0.3) is 0 Å². The Kier molecular flexibility index (Phi) is 4.93. The molecule has 0 bridgehead atoms. The van der Waals surface area contributed by atoms with Gasteiger partial charge in [0.2, 0.25) is 0 Å². The summed E-state index contributed by atoms with van der Waals surface area (Å²) in [4.78, 5) is 4.35. The lowest BCUT2D eigenvalue weighted by Crippen LogP contribution is -2.19. The van der Waals surface area contributed by atoms with Crippen molar-refractivity contribution in [1.29, 1.82) is 0 Å². The fourth-order valence-electron chi connectivity index (χ4n) is 1.81. The van der Waals surface area contributed by atoms with Gasteiger partial charge in [-0.2, -0.15) is 0 Å². The Morgan fingerprint density at radius 3 is 2.84 bits per heavy atom. The molecule has 1 N–H and O–H groups in total. The molecular weight excluding hydrogens is 304 g/mol. The number of ether oxygens (including phenoxy) is 1. The maximum Gasteiger partial charge on any atom is 0.119 e. The van der Waals surface area contributed by atoms with Gasteiger partial charge in [-0.25, -0.2) is 0 Å². The Hall–Kier alpha value is -1.39. The number of halogens is 1. The van der Waals surface area contributed by atoms with Crippen LogP contribution in [0.2, 0.25) is 0 Å². The number of benzene rings is 1. The van der Waals surface area contributed by atoms with Crippen LogP contribution in [-0.4, -0.2) is 12.1 Å². The number of methoxy groups -OCH3 is 1. The number of aromatic nitrogens is 1. The Balaban J connectivity index is 2.02. The van der Waals surface area contributed by atoms with Crippen LogP contribution in [0.15, 0.2) is 47.1 Å². The molecular formula is C15H17BrN2O. The normalized spacial score (nSPS) is 12.2. The molecule has 0 amide bonds. The van der Waals surface area contributed by atoms with Gasteiger partial charge < -0.3 is 10.1 Å². The first kappa shape index (κ1) is 14.0. The van der Waals surface area contributed by atoms with E-state index in [1.54, 1.807) is 7.11 Å². The summed E-state index contributed by atoms with van der Waals surface area (Å²) in [6.45, 7) is 2.87. The Morgan fingerprint density at radius 2 is 2.16 bits per heavy atom. The van der Waals surface area contributed by atoms with E-state index in [0.29, 0.717) is 0 Å². The van der Waals surface area contributed by atoms with Crippen molar-refractivity contribution in [2.24, 2.45) is 0 Å². The summed E-state index contributed by atoms with van der Waals surface area (Å²) in [6, 6.07) is 12.1. The lowest BCUT2D eigenvalue weighted by Gasteiger charge is -2.14. The summed E-state index contributed by atoms with van der Waals surface area (Å²) in [7, 11) is 1.68. The molecule has 19 heavy (non-hydrogen) atoms. The summed E-state index contributed by atoms with van der Waals surface area (Å²) in [5.74, 6) is 0.866. The number of rotatable bonds is 5. The van der Waals surface area contributed by atoms with Gasteiger partial charge >= 0.3 is 0 Å². The number of nitrogens with zero attached hydrogens (tertiary/aromatic N) is 1. The molecule has 1 aromatic heterocycles. The van der Waals surface area contributed by atoms with Crippen LogP contribution >= 0.6 is 15.9 Å². The van der Waals surface area contributed by atoms with E-state index in [1.807, 2.05) is 42.6 Å². The molecule has 1 aromatic carbocycles. The molecule has 0 saturated carbocycles. The van der Waals surface area contributed by atoms with E-state index < -0.39 is 0 Å². The second kappa shape index (κ2) is 6.68. The zero-order valence-corrected chi connectivity index (χ0v) is 12.6. The van der Waals surface area contributed by atoms with Gasteiger partial charge in [-0.05, 0) is 42.8 Å². The van der Waals surface area contributed by atoms with E-state index in [2.05, 4.69) is 33.2 Å². The van der Waals surface area contributed by atoms with Crippen molar-refractivity contribution in [3.63, 3.8) is 0 Å². The first-order chi connectivity index (χ1) is 9.20. The molecule has 0 aliphatic carbocycles. The molecule has 0 aliphatic rings. The zero-order chi connectivity index (χ0) is 13.7. The van der Waals surface area contributed by atoms with Gasteiger partial charge in [-0.1, -0.05) is 22.0 Å². The van der Waals surface area contributed by atoms with Crippen LogP contribution in [0.4, 0.5) is 0 Å². The number of hydrogen-bond acceptors (Lipinski definition) is 3. The third-order valence-electron chi connectivity index (χ3n) is 2.98. The molecule has 4 heteroatoms. The molecule has 1 unspecified atom stereocenters. The van der Waals surface area contributed by atoms with Gasteiger partial charge in [-0.15, -0.1) is 0 Å². The maximum absolute atomic E-state index is 5.24. The van der Waals surface area contributed by atoms with Crippen molar-refractivity contribution in [1.82, 2.24) is 10.3 Å². The molecule has 0 aliphatic heterocycles. The number of nitrogens with one attached hydrogen (secondary N) is 1. The van der Waals surface area contributed by atoms with Gasteiger partial charge in [0.15, 0.2) is 0 Å². The standard InChI is InChI=1S/C15H17BrN2O/c1-11(15-5-3-4-8-17-15)18-10-12-9-13(19-2)6-7-14(12)16/h3-9,11,18H,10H2,1-2H3. The molecule has 2 aromatic rings. The van der Waals surface area contributed by atoms with Gasteiger partial charge in [0, 0.05) is 23.3 Å². The molecule has 1 heterocycles. The molecule has 0 saturated heterocycles. The lowest BCUT2D eigenvalue weighted by molar-refractivity contribution is 0.413. The van der Waals surface area contributed by atoms with Crippen molar-refractivity contribution in [3.8, 4) is 5.75 Å². The molecule has 0 fully saturated rings. The van der Waals surface area contributed by atoms with Crippen molar-refractivity contribution in [2.75, 3.05) is 7.11 Å². The van der Waals surface area contributed by atoms with E-state index >= 15 is 0 Å². The van der Waals surface area contributed by atoms with Crippen molar-refractivity contribution < 1.29 is 4.74 Å². The fourth-order valence-corrected chi connectivity index (χ4v) is 2.20. The minimum atomic E-state index is 0.208. The SMILES string of the molecule is COc1ccc(Br)c(CNC(C)c2ccccn2)c1. The first-order valence-corrected chi connectivity index (χ1v) is 6.96. The van der Waals surface area contributed by atoms with E-state index in [1.165, 1.54) is 5.56 Å². The smallest absolute Gasteiger partial charge is 0.119 e. The summed E-state index contributed by atoms with van der Waals surface area (Å²) in [5, 5.41) is 3.46. The lowest BCUT2D eigenvalue weighted by atomic mass is 10.1. The zero-order valence-electron chi connectivity index (χ0n) is 11.1. The highest BCUT2D eigenvalue weighted by Gasteiger charge is 2.07. The van der Waals surface area contributed by atoms with Crippen molar-refractivity contribution in [3.05, 3.63) is 58.3 Å². The molecule has 0 spiro atoms. The number of hydrogen-bond donors (Lipinski definition) is 1. The van der Waals surface area contributed by atoms with Crippen LogP contribution in [0.25, 0.3) is 0 Å². The van der Waals surface area contributed by atoms with Crippen molar-refractivity contribution >= 4 is 15.9 Å². The van der Waals surface area contributed by atoms with Crippen LogP contribution < -0.4 is 10.1 Å². The van der Waals surface area contributed by atoms with E-state index in [0.717, 1.165) is 22.5 Å². The quantitative estimate of drug-likeness (QED) is 0.912. The monoisotopic (exact) mass is 320 g/mol. The van der Waals surface area contributed by atoms with Crippen LogP contribution in [0, 0.1) is 0 Å². The molecule has 2 rings (SSSR count). The van der Waals surface area contributed by atoms with E-state index in [4.69, 9.17) is 4.74 Å². The summed E-state index contributed by atoms with van der Waals surface area (Å²) in [6.07, 6.45) is 1.81. The third kappa shape index (κ3) is 3.78. The second-order valence-corrected chi connectivity index (χ2v) is 5.17. The van der Waals surface area contributed by atoms with Crippen LogP contribution in [0.5, 0.6) is 5.75 Å².